The average molecular weight is 372 g/mol. The molecule has 3 aromatic carbocycles. The lowest BCUT2D eigenvalue weighted by Gasteiger charge is -2.25. The van der Waals surface area contributed by atoms with E-state index in [2.05, 4.69) is 5.32 Å². The van der Waals surface area contributed by atoms with Gasteiger partial charge in [-0.2, -0.15) is 0 Å². The van der Waals surface area contributed by atoms with Crippen LogP contribution >= 0.6 is 0 Å². The summed E-state index contributed by atoms with van der Waals surface area (Å²) in [5.41, 5.74) is 5.31. The van der Waals surface area contributed by atoms with Crippen LogP contribution in [0.3, 0.4) is 0 Å². The molecule has 3 aromatic rings. The van der Waals surface area contributed by atoms with Gasteiger partial charge >= 0.3 is 0 Å². The van der Waals surface area contributed by atoms with Crippen molar-refractivity contribution in [2.45, 2.75) is 19.9 Å². The molecule has 1 amide bonds. The van der Waals surface area contributed by atoms with Crippen LogP contribution in [0.1, 0.15) is 22.7 Å². The van der Waals surface area contributed by atoms with Gasteiger partial charge in [-0.3, -0.25) is 9.69 Å². The zero-order valence-corrected chi connectivity index (χ0v) is 15.8. The highest BCUT2D eigenvalue weighted by Gasteiger charge is 2.34. The van der Waals surface area contributed by atoms with Gasteiger partial charge in [0.05, 0.1) is 6.04 Å². The number of rotatable bonds is 4. The zero-order valence-electron chi connectivity index (χ0n) is 15.8. The van der Waals surface area contributed by atoms with Crippen molar-refractivity contribution in [3.05, 3.63) is 107 Å². The van der Waals surface area contributed by atoms with Gasteiger partial charge in [0, 0.05) is 11.4 Å². The van der Waals surface area contributed by atoms with Crippen molar-refractivity contribution in [2.75, 3.05) is 10.2 Å². The number of nitrogens with zero attached hydrogens (tertiary/aromatic N) is 1. The molecular formula is C24H21FN2O. The summed E-state index contributed by atoms with van der Waals surface area (Å²) in [5, 5.41) is 3.24. The molecule has 0 fully saturated rings. The first-order valence-corrected chi connectivity index (χ1v) is 9.22. The van der Waals surface area contributed by atoms with E-state index in [1.54, 1.807) is 17.0 Å². The van der Waals surface area contributed by atoms with Gasteiger partial charge in [-0.15, -0.1) is 0 Å². The first-order chi connectivity index (χ1) is 13.5. The zero-order chi connectivity index (χ0) is 19.7. The van der Waals surface area contributed by atoms with E-state index in [9.17, 15) is 9.18 Å². The number of benzene rings is 3. The minimum atomic E-state index is -0.302. The van der Waals surface area contributed by atoms with E-state index < -0.39 is 0 Å². The molecule has 1 atom stereocenters. The van der Waals surface area contributed by atoms with Crippen LogP contribution < -0.4 is 10.2 Å². The molecule has 1 heterocycles. The molecule has 0 aromatic heterocycles. The molecule has 0 unspecified atom stereocenters. The third kappa shape index (κ3) is 3.54. The summed E-state index contributed by atoms with van der Waals surface area (Å²) >= 11 is 0. The van der Waals surface area contributed by atoms with Crippen molar-refractivity contribution in [1.82, 2.24) is 0 Å². The fourth-order valence-corrected chi connectivity index (χ4v) is 3.34. The number of anilines is 2. The SMILES string of the molecule is Cc1ccc(NC2=C[C@H](c3ccc(F)cc3)N(c3ccc(C)cc3)C2=O)cc1. The average Bonchev–Trinajstić information content (AvgIpc) is 3.01. The molecular weight excluding hydrogens is 351 g/mol. The highest BCUT2D eigenvalue weighted by molar-refractivity contribution is 6.11. The second-order valence-electron chi connectivity index (χ2n) is 7.08. The Labute approximate surface area is 164 Å². The van der Waals surface area contributed by atoms with Gasteiger partial charge in [-0.1, -0.05) is 47.5 Å². The molecule has 0 saturated carbocycles. The topological polar surface area (TPSA) is 32.3 Å². The summed E-state index contributed by atoms with van der Waals surface area (Å²) in [4.78, 5) is 15.0. The number of amides is 1. The normalized spacial score (nSPS) is 16.2. The molecule has 1 N–H and O–H groups in total. The molecule has 0 bridgehead atoms. The van der Waals surface area contributed by atoms with Crippen LogP contribution in [0, 0.1) is 19.7 Å². The largest absolute Gasteiger partial charge is 0.351 e. The summed E-state index contributed by atoms with van der Waals surface area (Å²) in [6, 6.07) is 21.7. The minimum Gasteiger partial charge on any atom is -0.351 e. The highest BCUT2D eigenvalue weighted by Crippen LogP contribution is 2.36. The Kier molecular flexibility index (Phi) is 4.70. The first-order valence-electron chi connectivity index (χ1n) is 9.22. The molecule has 4 heteroatoms. The maximum atomic E-state index is 13.4. The maximum absolute atomic E-state index is 13.4. The van der Waals surface area contributed by atoms with Gasteiger partial charge < -0.3 is 5.32 Å². The standard InChI is InChI=1S/C24H21FN2O/c1-16-3-11-20(12-4-16)26-22-15-23(18-7-9-19(25)10-8-18)27(24(22)28)21-13-5-17(2)6-14-21/h3-15,23,26H,1-2H3/t23-/m1/s1. The maximum Gasteiger partial charge on any atom is 0.275 e. The molecule has 0 aliphatic carbocycles. The van der Waals surface area contributed by atoms with Gasteiger partial charge in [0.25, 0.3) is 5.91 Å². The lowest BCUT2D eigenvalue weighted by Crippen LogP contribution is -2.30. The van der Waals surface area contributed by atoms with Crippen molar-refractivity contribution < 1.29 is 9.18 Å². The van der Waals surface area contributed by atoms with Gasteiger partial charge in [0.1, 0.15) is 11.5 Å². The van der Waals surface area contributed by atoms with Crippen molar-refractivity contribution in [2.24, 2.45) is 0 Å². The van der Waals surface area contributed by atoms with Crippen LogP contribution in [0.4, 0.5) is 15.8 Å². The van der Waals surface area contributed by atoms with Crippen molar-refractivity contribution in [3.63, 3.8) is 0 Å². The Morgan fingerprint density at radius 2 is 1.39 bits per heavy atom. The predicted octanol–water partition coefficient (Wildman–Crippen LogP) is 5.53. The fourth-order valence-electron chi connectivity index (χ4n) is 3.34. The van der Waals surface area contributed by atoms with E-state index >= 15 is 0 Å². The van der Waals surface area contributed by atoms with E-state index in [1.165, 1.54) is 12.1 Å². The molecule has 4 rings (SSSR count). The third-order valence-corrected chi connectivity index (χ3v) is 4.91. The Balaban J connectivity index is 1.72. The summed E-state index contributed by atoms with van der Waals surface area (Å²) in [6.45, 7) is 4.03. The Hall–Kier alpha value is -3.40. The van der Waals surface area contributed by atoms with Crippen molar-refractivity contribution >= 4 is 17.3 Å². The predicted molar refractivity (Wildman–Crippen MR) is 111 cm³/mol. The van der Waals surface area contributed by atoms with Gasteiger partial charge in [-0.25, -0.2) is 4.39 Å². The second-order valence-corrected chi connectivity index (χ2v) is 7.08. The molecule has 1 aliphatic rings. The summed E-state index contributed by atoms with van der Waals surface area (Å²) in [6.07, 6.45) is 1.90. The van der Waals surface area contributed by atoms with E-state index in [0.717, 1.165) is 28.1 Å². The van der Waals surface area contributed by atoms with E-state index in [1.807, 2.05) is 68.5 Å². The van der Waals surface area contributed by atoms with Crippen LogP contribution in [0.5, 0.6) is 0 Å². The summed E-state index contributed by atoms with van der Waals surface area (Å²) in [7, 11) is 0. The van der Waals surface area contributed by atoms with Crippen molar-refractivity contribution in [3.8, 4) is 0 Å². The van der Waals surface area contributed by atoms with E-state index in [-0.39, 0.29) is 17.8 Å². The third-order valence-electron chi connectivity index (χ3n) is 4.91. The number of carbonyl (C=O) groups is 1. The monoisotopic (exact) mass is 372 g/mol. The summed E-state index contributed by atoms with van der Waals surface area (Å²) in [5.74, 6) is -0.407. The van der Waals surface area contributed by atoms with Gasteiger partial charge in [-0.05, 0) is 61.9 Å². The minimum absolute atomic E-state index is 0.112. The Bertz CT molecular complexity index is 1020. The van der Waals surface area contributed by atoms with E-state index in [0.29, 0.717) is 5.70 Å². The number of carbonyl (C=O) groups excluding carboxylic acids is 1. The van der Waals surface area contributed by atoms with Crippen LogP contribution in [0.25, 0.3) is 0 Å². The van der Waals surface area contributed by atoms with Crippen molar-refractivity contribution in [1.29, 1.82) is 0 Å². The second kappa shape index (κ2) is 7.31. The van der Waals surface area contributed by atoms with E-state index in [4.69, 9.17) is 0 Å². The number of aryl methyl sites for hydroxylation is 2. The number of nitrogens with one attached hydrogen (secondary N) is 1. The smallest absolute Gasteiger partial charge is 0.275 e. The molecule has 0 radical (unpaired) electrons. The molecule has 0 spiro atoms. The van der Waals surface area contributed by atoms with Crippen LogP contribution in [-0.4, -0.2) is 5.91 Å². The number of halogens is 1. The molecule has 3 nitrogen and oxygen atoms in total. The lowest BCUT2D eigenvalue weighted by molar-refractivity contribution is -0.114. The van der Waals surface area contributed by atoms with Crippen LogP contribution in [0.2, 0.25) is 0 Å². The summed E-state index contributed by atoms with van der Waals surface area (Å²) < 4.78 is 13.4. The lowest BCUT2D eigenvalue weighted by atomic mass is 10.1. The highest BCUT2D eigenvalue weighted by atomic mass is 19.1. The molecule has 140 valence electrons. The number of hydrogen-bond acceptors (Lipinski definition) is 2. The molecule has 1 aliphatic heterocycles. The van der Waals surface area contributed by atoms with Gasteiger partial charge in [0.2, 0.25) is 0 Å². The quantitative estimate of drug-likeness (QED) is 0.653. The first kappa shape index (κ1) is 18.0. The van der Waals surface area contributed by atoms with Crippen LogP contribution in [-0.2, 0) is 4.79 Å². The Morgan fingerprint density at radius 3 is 2.00 bits per heavy atom. The number of hydrogen-bond donors (Lipinski definition) is 1. The molecule has 28 heavy (non-hydrogen) atoms. The van der Waals surface area contributed by atoms with Gasteiger partial charge in [0.15, 0.2) is 0 Å². The van der Waals surface area contributed by atoms with Crippen LogP contribution in [0.15, 0.2) is 84.6 Å². The Morgan fingerprint density at radius 1 is 0.821 bits per heavy atom. The fraction of sp³-hybridized carbons (Fsp3) is 0.125. The molecule has 0 saturated heterocycles.